The van der Waals surface area contributed by atoms with E-state index in [0.717, 1.165) is 0 Å². The third-order valence-electron chi connectivity index (χ3n) is 3.84. The average molecular weight is 366 g/mol. The van der Waals surface area contributed by atoms with E-state index in [-0.39, 0.29) is 5.69 Å². The summed E-state index contributed by atoms with van der Waals surface area (Å²) in [5.74, 6) is -0.503. The molecule has 1 atom stereocenters. The zero-order chi connectivity index (χ0) is 19.2. The molecule has 1 heterocycles. The highest BCUT2D eigenvalue weighted by Gasteiger charge is 2.21. The van der Waals surface area contributed by atoms with E-state index >= 15 is 0 Å². The number of anilines is 1. The Balaban J connectivity index is 1.68. The van der Waals surface area contributed by atoms with Crippen molar-refractivity contribution in [1.29, 1.82) is 0 Å². The first-order valence-corrected chi connectivity index (χ1v) is 8.19. The van der Waals surface area contributed by atoms with E-state index in [1.54, 1.807) is 49.6 Å². The summed E-state index contributed by atoms with van der Waals surface area (Å²) < 4.78 is 5.05. The molecule has 8 nitrogen and oxygen atoms in total. The molecule has 1 unspecified atom stereocenters. The fourth-order valence-corrected chi connectivity index (χ4v) is 2.40. The first-order chi connectivity index (χ1) is 13.1. The molecule has 27 heavy (non-hydrogen) atoms. The van der Waals surface area contributed by atoms with Crippen LogP contribution in [0, 0.1) is 0 Å². The zero-order valence-corrected chi connectivity index (χ0v) is 14.5. The molecule has 2 aromatic carbocycles. The highest BCUT2D eigenvalue weighted by molar-refractivity contribution is 6.00. The van der Waals surface area contributed by atoms with Gasteiger partial charge in [-0.05, 0) is 36.4 Å². The van der Waals surface area contributed by atoms with Gasteiger partial charge in [-0.2, -0.15) is 0 Å². The number of hydrogen-bond acceptors (Lipinski definition) is 6. The maximum Gasteiger partial charge on any atom is 0.272 e. The quantitative estimate of drug-likeness (QED) is 0.607. The molecule has 8 heteroatoms. The van der Waals surface area contributed by atoms with Crippen LogP contribution in [-0.2, 0) is 4.79 Å². The van der Waals surface area contributed by atoms with E-state index in [1.165, 1.54) is 6.20 Å². The van der Waals surface area contributed by atoms with E-state index in [4.69, 9.17) is 4.74 Å². The highest BCUT2D eigenvalue weighted by Crippen LogP contribution is 2.15. The number of methoxy groups -OCH3 is 1. The molecule has 138 valence electrons. The molecule has 3 rings (SSSR count). The lowest BCUT2D eigenvalue weighted by atomic mass is 10.2. The number of rotatable bonds is 6. The lowest BCUT2D eigenvalue weighted by Gasteiger charge is -2.16. The van der Waals surface area contributed by atoms with Gasteiger partial charge in [0.2, 0.25) is 5.91 Å². The van der Waals surface area contributed by atoms with Crippen LogP contribution in [0.2, 0.25) is 0 Å². The molecule has 0 fully saturated rings. The van der Waals surface area contributed by atoms with Crippen molar-refractivity contribution in [2.45, 2.75) is 6.04 Å². The second kappa shape index (κ2) is 8.24. The summed E-state index contributed by atoms with van der Waals surface area (Å²) >= 11 is 0. The van der Waals surface area contributed by atoms with Crippen molar-refractivity contribution < 1.29 is 19.4 Å². The fraction of sp³-hybridized carbons (Fsp3) is 0.158. The van der Waals surface area contributed by atoms with Crippen molar-refractivity contribution in [3.63, 3.8) is 0 Å². The summed E-state index contributed by atoms with van der Waals surface area (Å²) in [4.78, 5) is 33.1. The highest BCUT2D eigenvalue weighted by atomic mass is 16.5. The maximum absolute atomic E-state index is 12.4. The van der Waals surface area contributed by atoms with E-state index in [0.29, 0.717) is 22.5 Å². The predicted molar refractivity (Wildman–Crippen MR) is 99.5 cm³/mol. The van der Waals surface area contributed by atoms with Gasteiger partial charge in [-0.3, -0.25) is 14.6 Å². The number of para-hydroxylation sites is 2. The molecule has 0 saturated heterocycles. The third kappa shape index (κ3) is 4.36. The SMILES string of the molecule is COc1ccc(NC(=O)C(CO)NC(=O)c2cnc3ccccc3n2)cc1. The topological polar surface area (TPSA) is 113 Å². The lowest BCUT2D eigenvalue weighted by molar-refractivity contribution is -0.118. The van der Waals surface area contributed by atoms with Crippen LogP contribution >= 0.6 is 0 Å². The Morgan fingerprint density at radius 1 is 1.11 bits per heavy atom. The number of carbonyl (C=O) groups is 2. The van der Waals surface area contributed by atoms with Gasteiger partial charge in [0.05, 0.1) is 30.9 Å². The number of fused-ring (bicyclic) bond motifs is 1. The van der Waals surface area contributed by atoms with Gasteiger partial charge in [0.15, 0.2) is 0 Å². The zero-order valence-electron chi connectivity index (χ0n) is 14.5. The number of benzene rings is 2. The number of amides is 2. The minimum Gasteiger partial charge on any atom is -0.497 e. The molecule has 1 aromatic heterocycles. The summed E-state index contributed by atoms with van der Waals surface area (Å²) in [6.45, 7) is -0.561. The molecule has 0 saturated carbocycles. The van der Waals surface area contributed by atoms with Crippen LogP contribution in [0.1, 0.15) is 10.5 Å². The minimum absolute atomic E-state index is 0.0596. The summed E-state index contributed by atoms with van der Waals surface area (Å²) in [5.41, 5.74) is 1.79. The molecule has 2 amide bonds. The Hall–Kier alpha value is -3.52. The number of aliphatic hydroxyl groups excluding tert-OH is 1. The Labute approximate surface area is 155 Å². The summed E-state index contributed by atoms with van der Waals surface area (Å²) in [5, 5.41) is 14.6. The van der Waals surface area contributed by atoms with Gasteiger partial charge in [0, 0.05) is 5.69 Å². The molecular formula is C19H18N4O4. The number of nitrogens with zero attached hydrogens (tertiary/aromatic N) is 2. The smallest absolute Gasteiger partial charge is 0.272 e. The average Bonchev–Trinajstić information content (AvgIpc) is 2.71. The minimum atomic E-state index is -1.13. The number of nitrogens with one attached hydrogen (secondary N) is 2. The van der Waals surface area contributed by atoms with Crippen molar-refractivity contribution in [3.05, 3.63) is 60.4 Å². The van der Waals surface area contributed by atoms with Crippen LogP contribution in [0.25, 0.3) is 11.0 Å². The van der Waals surface area contributed by atoms with Gasteiger partial charge >= 0.3 is 0 Å². The van der Waals surface area contributed by atoms with Crippen LogP contribution < -0.4 is 15.4 Å². The summed E-state index contributed by atoms with van der Waals surface area (Å²) in [6, 6.07) is 12.7. The van der Waals surface area contributed by atoms with E-state index in [9.17, 15) is 14.7 Å². The third-order valence-corrected chi connectivity index (χ3v) is 3.84. The van der Waals surface area contributed by atoms with Crippen molar-refractivity contribution in [3.8, 4) is 5.75 Å². The Morgan fingerprint density at radius 3 is 2.48 bits per heavy atom. The van der Waals surface area contributed by atoms with Crippen molar-refractivity contribution >= 4 is 28.5 Å². The molecule has 3 aromatic rings. The number of aliphatic hydroxyl groups is 1. The number of carbonyl (C=O) groups excluding carboxylic acids is 2. The van der Waals surface area contributed by atoms with Gasteiger partial charge in [-0.15, -0.1) is 0 Å². The monoisotopic (exact) mass is 366 g/mol. The van der Waals surface area contributed by atoms with Crippen LogP contribution in [0.4, 0.5) is 5.69 Å². The van der Waals surface area contributed by atoms with Gasteiger partial charge < -0.3 is 20.5 Å². The van der Waals surface area contributed by atoms with E-state index in [2.05, 4.69) is 20.6 Å². The number of ether oxygens (including phenoxy) is 1. The molecule has 0 bridgehead atoms. The molecule has 0 spiro atoms. The van der Waals surface area contributed by atoms with Crippen LogP contribution in [0.15, 0.2) is 54.7 Å². The van der Waals surface area contributed by atoms with Crippen LogP contribution in [-0.4, -0.2) is 46.6 Å². The van der Waals surface area contributed by atoms with Crippen molar-refractivity contribution in [2.75, 3.05) is 19.0 Å². The molecule has 0 aliphatic heterocycles. The molecular weight excluding hydrogens is 348 g/mol. The van der Waals surface area contributed by atoms with Crippen LogP contribution in [0.3, 0.4) is 0 Å². The molecule has 0 aliphatic rings. The maximum atomic E-state index is 12.4. The normalized spacial score (nSPS) is 11.6. The lowest BCUT2D eigenvalue weighted by Crippen LogP contribution is -2.46. The second-order valence-corrected chi connectivity index (χ2v) is 5.67. The van der Waals surface area contributed by atoms with E-state index in [1.807, 2.05) is 6.07 Å². The first kappa shape index (κ1) is 18.3. The van der Waals surface area contributed by atoms with Gasteiger partial charge in [-0.25, -0.2) is 4.98 Å². The summed E-state index contributed by atoms with van der Waals surface area (Å²) in [6.07, 6.45) is 1.33. The van der Waals surface area contributed by atoms with Crippen LogP contribution in [0.5, 0.6) is 5.75 Å². The largest absolute Gasteiger partial charge is 0.497 e. The van der Waals surface area contributed by atoms with Crippen molar-refractivity contribution in [1.82, 2.24) is 15.3 Å². The summed E-state index contributed by atoms with van der Waals surface area (Å²) in [7, 11) is 1.54. The number of hydrogen-bond donors (Lipinski definition) is 3. The van der Waals surface area contributed by atoms with Gasteiger partial charge in [-0.1, -0.05) is 12.1 Å². The second-order valence-electron chi connectivity index (χ2n) is 5.67. The number of aromatic nitrogens is 2. The van der Waals surface area contributed by atoms with Crippen molar-refractivity contribution in [2.24, 2.45) is 0 Å². The fourth-order valence-electron chi connectivity index (χ4n) is 2.40. The van der Waals surface area contributed by atoms with E-state index < -0.39 is 24.5 Å². The standard InChI is InChI=1S/C19H18N4O4/c1-27-13-8-6-12(7-9-13)21-19(26)17(11-24)23-18(25)16-10-20-14-4-2-3-5-15(14)22-16/h2-10,17,24H,11H2,1H3,(H,21,26)(H,23,25). The Kier molecular flexibility index (Phi) is 5.58. The Bertz CT molecular complexity index is 959. The first-order valence-electron chi connectivity index (χ1n) is 8.19. The predicted octanol–water partition coefficient (Wildman–Crippen LogP) is 1.37. The molecule has 3 N–H and O–H groups in total. The molecule has 0 radical (unpaired) electrons. The van der Waals surface area contributed by atoms with Gasteiger partial charge in [0.25, 0.3) is 5.91 Å². The molecule has 0 aliphatic carbocycles. The van der Waals surface area contributed by atoms with Gasteiger partial charge in [0.1, 0.15) is 17.5 Å². The Morgan fingerprint density at radius 2 is 1.81 bits per heavy atom.